The normalized spacial score (nSPS) is 19.8. The number of nitrogens with zero attached hydrogens (tertiary/aromatic N) is 2. The first-order valence-corrected chi connectivity index (χ1v) is 7.46. The van der Waals surface area contributed by atoms with Crippen LogP contribution >= 0.6 is 0 Å². The van der Waals surface area contributed by atoms with E-state index >= 15 is 0 Å². The van der Waals surface area contributed by atoms with E-state index in [9.17, 15) is 0 Å². The highest BCUT2D eigenvalue weighted by Crippen LogP contribution is 2.26. The fraction of sp³-hybridized carbons (Fsp3) is 0.500. The predicted molar refractivity (Wildman–Crippen MR) is 78.6 cm³/mol. The molecule has 0 bridgehead atoms. The molecular weight excluding hydrogens is 266 g/mol. The largest absolute Gasteiger partial charge is 0.381 e. The highest BCUT2D eigenvalue weighted by atomic mass is 16.5. The quantitative estimate of drug-likeness (QED) is 0.885. The minimum Gasteiger partial charge on any atom is -0.381 e. The third-order valence-electron chi connectivity index (χ3n) is 3.87. The van der Waals surface area contributed by atoms with E-state index in [1.165, 1.54) is 5.56 Å². The van der Waals surface area contributed by atoms with Crippen molar-refractivity contribution >= 4 is 0 Å². The minimum atomic E-state index is 0.289. The second-order valence-corrected chi connectivity index (χ2v) is 5.54. The number of benzene rings is 1. The molecule has 0 radical (unpaired) electrons. The van der Waals surface area contributed by atoms with Crippen LogP contribution in [-0.2, 0) is 11.3 Å². The SMILES string of the molecule is Cc1nc(CN[C@H](C[C@H]2CCOC2)c2ccccc2)no1. The molecule has 2 atom stereocenters. The van der Waals surface area contributed by atoms with Crippen molar-refractivity contribution in [2.45, 2.75) is 32.4 Å². The molecule has 21 heavy (non-hydrogen) atoms. The maximum Gasteiger partial charge on any atom is 0.223 e. The fourth-order valence-electron chi connectivity index (χ4n) is 2.75. The molecule has 5 nitrogen and oxygen atoms in total. The maximum absolute atomic E-state index is 5.49. The lowest BCUT2D eigenvalue weighted by Crippen LogP contribution is -2.24. The zero-order valence-corrected chi connectivity index (χ0v) is 12.3. The number of aromatic nitrogens is 2. The number of rotatable bonds is 6. The Balaban J connectivity index is 1.66. The lowest BCUT2D eigenvalue weighted by Gasteiger charge is -2.21. The molecule has 1 aliphatic heterocycles. The number of ether oxygens (including phenoxy) is 1. The number of hydrogen-bond acceptors (Lipinski definition) is 5. The lowest BCUT2D eigenvalue weighted by atomic mass is 9.94. The molecule has 1 saturated heterocycles. The Hall–Kier alpha value is -1.72. The van der Waals surface area contributed by atoms with Gasteiger partial charge in [-0.15, -0.1) is 0 Å². The first-order chi connectivity index (χ1) is 10.3. The zero-order chi connectivity index (χ0) is 14.5. The third kappa shape index (κ3) is 3.89. The van der Waals surface area contributed by atoms with Crippen molar-refractivity contribution in [2.75, 3.05) is 13.2 Å². The van der Waals surface area contributed by atoms with Crippen LogP contribution in [0.4, 0.5) is 0 Å². The van der Waals surface area contributed by atoms with Crippen molar-refractivity contribution in [3.8, 4) is 0 Å². The van der Waals surface area contributed by atoms with E-state index in [1.807, 2.05) is 6.07 Å². The summed E-state index contributed by atoms with van der Waals surface area (Å²) in [7, 11) is 0. The van der Waals surface area contributed by atoms with Gasteiger partial charge in [0.2, 0.25) is 5.89 Å². The van der Waals surface area contributed by atoms with Gasteiger partial charge in [0.15, 0.2) is 5.82 Å². The number of nitrogens with one attached hydrogen (secondary N) is 1. The molecule has 112 valence electrons. The van der Waals surface area contributed by atoms with E-state index in [0.717, 1.165) is 26.1 Å². The van der Waals surface area contributed by atoms with Gasteiger partial charge in [0, 0.05) is 26.2 Å². The van der Waals surface area contributed by atoms with E-state index in [2.05, 4.69) is 39.7 Å². The Labute approximate surface area is 124 Å². The minimum absolute atomic E-state index is 0.289. The van der Waals surface area contributed by atoms with Gasteiger partial charge in [-0.1, -0.05) is 35.5 Å². The van der Waals surface area contributed by atoms with Crippen LogP contribution in [0.3, 0.4) is 0 Å². The molecule has 1 aromatic carbocycles. The van der Waals surface area contributed by atoms with Crippen LogP contribution in [-0.4, -0.2) is 23.4 Å². The van der Waals surface area contributed by atoms with Gasteiger partial charge in [-0.05, 0) is 24.3 Å². The summed E-state index contributed by atoms with van der Waals surface area (Å²) in [5, 5.41) is 7.49. The molecule has 1 aromatic heterocycles. The summed E-state index contributed by atoms with van der Waals surface area (Å²) < 4.78 is 10.5. The van der Waals surface area contributed by atoms with Crippen LogP contribution in [0.25, 0.3) is 0 Å². The maximum atomic E-state index is 5.49. The average molecular weight is 287 g/mol. The molecule has 1 fully saturated rings. The summed E-state index contributed by atoms with van der Waals surface area (Å²) in [5.41, 5.74) is 1.30. The molecule has 1 N–H and O–H groups in total. The standard InChI is InChI=1S/C16H21N3O2/c1-12-18-16(19-21-12)10-17-15(9-13-7-8-20-11-13)14-5-3-2-4-6-14/h2-6,13,15,17H,7-11H2,1H3/t13-,15-/m1/s1. The van der Waals surface area contributed by atoms with Crippen molar-refractivity contribution < 1.29 is 9.26 Å². The van der Waals surface area contributed by atoms with E-state index in [0.29, 0.717) is 24.2 Å². The Bertz CT molecular complexity index is 550. The van der Waals surface area contributed by atoms with Crippen LogP contribution in [0.15, 0.2) is 34.9 Å². The summed E-state index contributed by atoms with van der Waals surface area (Å²) in [6, 6.07) is 10.8. The van der Waals surface area contributed by atoms with Gasteiger partial charge in [-0.2, -0.15) is 4.98 Å². The third-order valence-corrected chi connectivity index (χ3v) is 3.87. The summed E-state index contributed by atoms with van der Waals surface area (Å²) in [5.74, 6) is 1.93. The fourth-order valence-corrected chi connectivity index (χ4v) is 2.75. The molecule has 0 aliphatic carbocycles. The van der Waals surface area contributed by atoms with Crippen LogP contribution in [0.1, 0.15) is 36.2 Å². The molecular formula is C16H21N3O2. The molecule has 0 saturated carbocycles. The molecule has 5 heteroatoms. The second kappa shape index (κ2) is 6.83. The molecule has 3 rings (SSSR count). The Morgan fingerprint density at radius 1 is 1.33 bits per heavy atom. The van der Waals surface area contributed by atoms with Crippen molar-refractivity contribution in [1.82, 2.24) is 15.5 Å². The van der Waals surface area contributed by atoms with E-state index < -0.39 is 0 Å². The van der Waals surface area contributed by atoms with Crippen LogP contribution in [0.2, 0.25) is 0 Å². The van der Waals surface area contributed by atoms with Gasteiger partial charge in [0.25, 0.3) is 0 Å². The summed E-state index contributed by atoms with van der Waals surface area (Å²) in [6.45, 7) is 4.17. The van der Waals surface area contributed by atoms with Crippen molar-refractivity contribution in [1.29, 1.82) is 0 Å². The number of hydrogen-bond donors (Lipinski definition) is 1. The highest BCUT2D eigenvalue weighted by Gasteiger charge is 2.22. The monoisotopic (exact) mass is 287 g/mol. The van der Waals surface area contributed by atoms with Gasteiger partial charge in [0.1, 0.15) is 0 Å². The summed E-state index contributed by atoms with van der Waals surface area (Å²) >= 11 is 0. The van der Waals surface area contributed by atoms with Gasteiger partial charge in [0.05, 0.1) is 6.54 Å². The van der Waals surface area contributed by atoms with Gasteiger partial charge < -0.3 is 14.6 Å². The van der Waals surface area contributed by atoms with Crippen LogP contribution in [0.5, 0.6) is 0 Å². The summed E-state index contributed by atoms with van der Waals surface area (Å²) in [4.78, 5) is 4.24. The van der Waals surface area contributed by atoms with Crippen molar-refractivity contribution in [3.05, 3.63) is 47.6 Å². The molecule has 0 spiro atoms. The molecule has 0 amide bonds. The molecule has 0 unspecified atom stereocenters. The number of aryl methyl sites for hydroxylation is 1. The van der Waals surface area contributed by atoms with Crippen molar-refractivity contribution in [2.24, 2.45) is 5.92 Å². The molecule has 2 heterocycles. The van der Waals surface area contributed by atoms with E-state index in [1.54, 1.807) is 6.92 Å². The molecule has 2 aromatic rings. The van der Waals surface area contributed by atoms with Gasteiger partial charge in [-0.3, -0.25) is 0 Å². The second-order valence-electron chi connectivity index (χ2n) is 5.54. The van der Waals surface area contributed by atoms with Crippen LogP contribution in [0, 0.1) is 12.8 Å². The van der Waals surface area contributed by atoms with Crippen molar-refractivity contribution in [3.63, 3.8) is 0 Å². The van der Waals surface area contributed by atoms with Gasteiger partial charge >= 0.3 is 0 Å². The Morgan fingerprint density at radius 2 is 2.19 bits per heavy atom. The summed E-state index contributed by atoms with van der Waals surface area (Å²) in [6.07, 6.45) is 2.22. The Morgan fingerprint density at radius 3 is 2.86 bits per heavy atom. The molecule has 1 aliphatic rings. The van der Waals surface area contributed by atoms with Crippen LogP contribution < -0.4 is 5.32 Å². The zero-order valence-electron chi connectivity index (χ0n) is 12.3. The Kier molecular flexibility index (Phi) is 4.62. The topological polar surface area (TPSA) is 60.2 Å². The van der Waals surface area contributed by atoms with Gasteiger partial charge in [-0.25, -0.2) is 0 Å². The lowest BCUT2D eigenvalue weighted by molar-refractivity contribution is 0.181. The first kappa shape index (κ1) is 14.2. The van der Waals surface area contributed by atoms with E-state index in [4.69, 9.17) is 9.26 Å². The predicted octanol–water partition coefficient (Wildman–Crippen LogP) is 2.64. The highest BCUT2D eigenvalue weighted by molar-refractivity contribution is 5.19. The smallest absolute Gasteiger partial charge is 0.223 e. The average Bonchev–Trinajstić information content (AvgIpc) is 3.16. The van der Waals surface area contributed by atoms with E-state index in [-0.39, 0.29) is 6.04 Å². The first-order valence-electron chi connectivity index (χ1n) is 7.46.